The van der Waals surface area contributed by atoms with Crippen LogP contribution in [0.5, 0.6) is 5.75 Å². The van der Waals surface area contributed by atoms with Gasteiger partial charge in [-0.25, -0.2) is 9.97 Å². The summed E-state index contributed by atoms with van der Waals surface area (Å²) in [6.07, 6.45) is 5.95. The number of aryl methyl sites for hydroxylation is 1. The highest BCUT2D eigenvalue weighted by Gasteiger charge is 2.24. The number of halogens is 1. The molecule has 3 rings (SSSR count). The fraction of sp³-hybridized carbons (Fsp3) is 0.412. The lowest BCUT2D eigenvalue weighted by atomic mass is 10.1. The van der Waals surface area contributed by atoms with Crippen molar-refractivity contribution in [3.63, 3.8) is 0 Å². The topological polar surface area (TPSA) is 38.2 Å². The Bertz CT molecular complexity index is 600. The van der Waals surface area contributed by atoms with Gasteiger partial charge in [0.2, 0.25) is 5.95 Å². The van der Waals surface area contributed by atoms with Crippen molar-refractivity contribution in [2.45, 2.75) is 19.8 Å². The lowest BCUT2D eigenvalue weighted by Gasteiger charge is -2.16. The van der Waals surface area contributed by atoms with Crippen LogP contribution in [0.2, 0.25) is 0 Å². The SMILES string of the molecule is CCc1cnc(N2CC[C@H](COc3ccc(Br)cc3)C2)nc1. The Kier molecular flexibility index (Phi) is 4.93. The van der Waals surface area contributed by atoms with Crippen LogP contribution in [0.3, 0.4) is 0 Å². The van der Waals surface area contributed by atoms with Crippen LogP contribution in [0.4, 0.5) is 5.95 Å². The molecule has 1 fully saturated rings. The van der Waals surface area contributed by atoms with Gasteiger partial charge in [0, 0.05) is 35.9 Å². The minimum absolute atomic E-state index is 0.526. The zero-order chi connectivity index (χ0) is 15.4. The molecule has 1 aliphatic rings. The van der Waals surface area contributed by atoms with Crippen LogP contribution >= 0.6 is 15.9 Å². The van der Waals surface area contributed by atoms with Crippen molar-refractivity contribution in [3.8, 4) is 5.75 Å². The maximum atomic E-state index is 5.88. The molecule has 0 bridgehead atoms. The van der Waals surface area contributed by atoms with Gasteiger partial charge in [0.1, 0.15) is 5.75 Å². The second-order valence-corrected chi connectivity index (χ2v) is 6.53. The van der Waals surface area contributed by atoms with Gasteiger partial charge in [-0.3, -0.25) is 0 Å². The number of anilines is 1. The van der Waals surface area contributed by atoms with Crippen molar-refractivity contribution in [1.29, 1.82) is 0 Å². The van der Waals surface area contributed by atoms with Crippen LogP contribution < -0.4 is 9.64 Å². The summed E-state index contributed by atoms with van der Waals surface area (Å²) in [6.45, 7) is 4.82. The van der Waals surface area contributed by atoms with E-state index in [-0.39, 0.29) is 0 Å². The van der Waals surface area contributed by atoms with Gasteiger partial charge in [-0.05, 0) is 42.7 Å². The third-order valence-electron chi connectivity index (χ3n) is 3.97. The number of hydrogen-bond acceptors (Lipinski definition) is 4. The average Bonchev–Trinajstić information content (AvgIpc) is 3.03. The summed E-state index contributed by atoms with van der Waals surface area (Å²) in [5, 5.41) is 0. The Hall–Kier alpha value is -1.62. The van der Waals surface area contributed by atoms with Gasteiger partial charge in [-0.2, -0.15) is 0 Å². The Morgan fingerprint density at radius 3 is 2.64 bits per heavy atom. The molecule has 0 N–H and O–H groups in total. The lowest BCUT2D eigenvalue weighted by Crippen LogP contribution is -2.23. The molecule has 0 aliphatic carbocycles. The highest BCUT2D eigenvalue weighted by Crippen LogP contribution is 2.22. The van der Waals surface area contributed by atoms with Gasteiger partial charge in [0.25, 0.3) is 0 Å². The standard InChI is InChI=1S/C17H20BrN3O/c1-2-13-9-19-17(20-10-13)21-8-7-14(11-21)12-22-16-5-3-15(18)4-6-16/h3-6,9-10,14H,2,7-8,11-12H2,1H3/t14-/m0/s1. The van der Waals surface area contributed by atoms with Gasteiger partial charge in [-0.15, -0.1) is 0 Å². The first-order valence-electron chi connectivity index (χ1n) is 7.69. The fourth-order valence-electron chi connectivity index (χ4n) is 2.59. The number of hydrogen-bond donors (Lipinski definition) is 0. The van der Waals surface area contributed by atoms with Crippen molar-refractivity contribution < 1.29 is 4.74 Å². The molecule has 2 aromatic rings. The second-order valence-electron chi connectivity index (χ2n) is 5.61. The molecule has 0 saturated carbocycles. The molecule has 4 nitrogen and oxygen atoms in total. The van der Waals surface area contributed by atoms with Crippen LogP contribution in [-0.4, -0.2) is 29.7 Å². The van der Waals surface area contributed by atoms with Gasteiger partial charge >= 0.3 is 0 Å². The number of aromatic nitrogens is 2. The van der Waals surface area contributed by atoms with Gasteiger partial charge in [0.05, 0.1) is 6.61 Å². The van der Waals surface area contributed by atoms with E-state index in [4.69, 9.17) is 4.74 Å². The van der Waals surface area contributed by atoms with Crippen molar-refractivity contribution in [1.82, 2.24) is 9.97 Å². The molecule has 116 valence electrons. The number of ether oxygens (including phenoxy) is 1. The first-order chi connectivity index (χ1) is 10.7. The van der Waals surface area contributed by atoms with E-state index in [1.807, 2.05) is 36.7 Å². The van der Waals surface area contributed by atoms with E-state index in [0.29, 0.717) is 5.92 Å². The third kappa shape index (κ3) is 3.77. The largest absolute Gasteiger partial charge is 0.493 e. The smallest absolute Gasteiger partial charge is 0.225 e. The molecular weight excluding hydrogens is 342 g/mol. The molecule has 1 atom stereocenters. The van der Waals surface area contributed by atoms with E-state index < -0.39 is 0 Å². The summed E-state index contributed by atoms with van der Waals surface area (Å²) in [5.74, 6) is 2.28. The van der Waals surface area contributed by atoms with Gasteiger partial charge in [0.15, 0.2) is 0 Å². The summed E-state index contributed by atoms with van der Waals surface area (Å²) in [6, 6.07) is 7.98. The van der Waals surface area contributed by atoms with Crippen LogP contribution in [0, 0.1) is 5.92 Å². The van der Waals surface area contributed by atoms with Crippen LogP contribution in [-0.2, 0) is 6.42 Å². The first kappa shape index (κ1) is 15.3. The second kappa shape index (κ2) is 7.09. The zero-order valence-electron chi connectivity index (χ0n) is 12.7. The summed E-state index contributed by atoms with van der Waals surface area (Å²) in [4.78, 5) is 11.2. The van der Waals surface area contributed by atoms with Crippen LogP contribution in [0.1, 0.15) is 18.9 Å². The predicted molar refractivity (Wildman–Crippen MR) is 91.4 cm³/mol. The van der Waals surface area contributed by atoms with E-state index in [2.05, 4.69) is 37.7 Å². The molecule has 0 spiro atoms. The number of benzene rings is 1. The molecule has 1 aromatic heterocycles. The van der Waals surface area contributed by atoms with Crippen molar-refractivity contribution in [2.75, 3.05) is 24.6 Å². The lowest BCUT2D eigenvalue weighted by molar-refractivity contribution is 0.261. The normalized spacial score (nSPS) is 17.7. The van der Waals surface area contributed by atoms with Crippen LogP contribution in [0.15, 0.2) is 41.1 Å². The summed E-state index contributed by atoms with van der Waals surface area (Å²) in [5.41, 5.74) is 1.18. The molecule has 1 saturated heterocycles. The predicted octanol–water partition coefficient (Wildman–Crippen LogP) is 3.71. The van der Waals surface area contributed by atoms with E-state index in [1.54, 1.807) is 0 Å². The summed E-state index contributed by atoms with van der Waals surface area (Å²) >= 11 is 3.43. The Labute approximate surface area is 139 Å². The summed E-state index contributed by atoms with van der Waals surface area (Å²) < 4.78 is 6.95. The maximum absolute atomic E-state index is 5.88. The molecule has 2 heterocycles. The van der Waals surface area contributed by atoms with Gasteiger partial charge < -0.3 is 9.64 Å². The minimum Gasteiger partial charge on any atom is -0.493 e. The highest BCUT2D eigenvalue weighted by atomic mass is 79.9. The van der Waals surface area contributed by atoms with Crippen LogP contribution in [0.25, 0.3) is 0 Å². The Morgan fingerprint density at radius 1 is 1.23 bits per heavy atom. The molecule has 22 heavy (non-hydrogen) atoms. The van der Waals surface area contributed by atoms with Gasteiger partial charge in [-0.1, -0.05) is 22.9 Å². The fourth-order valence-corrected chi connectivity index (χ4v) is 2.85. The molecule has 1 aromatic carbocycles. The first-order valence-corrected chi connectivity index (χ1v) is 8.48. The molecule has 5 heteroatoms. The quantitative estimate of drug-likeness (QED) is 0.813. The summed E-state index contributed by atoms with van der Waals surface area (Å²) in [7, 11) is 0. The molecule has 1 aliphatic heterocycles. The third-order valence-corrected chi connectivity index (χ3v) is 4.50. The molecule has 0 amide bonds. The highest BCUT2D eigenvalue weighted by molar-refractivity contribution is 9.10. The Balaban J connectivity index is 1.52. The average molecular weight is 362 g/mol. The maximum Gasteiger partial charge on any atom is 0.225 e. The van der Waals surface area contributed by atoms with Crippen molar-refractivity contribution >= 4 is 21.9 Å². The Morgan fingerprint density at radius 2 is 1.95 bits per heavy atom. The van der Waals surface area contributed by atoms with E-state index in [1.165, 1.54) is 5.56 Å². The minimum atomic E-state index is 0.526. The van der Waals surface area contributed by atoms with E-state index >= 15 is 0 Å². The van der Waals surface area contributed by atoms with E-state index in [9.17, 15) is 0 Å². The van der Waals surface area contributed by atoms with E-state index in [0.717, 1.165) is 48.7 Å². The van der Waals surface area contributed by atoms with Crippen molar-refractivity contribution in [3.05, 3.63) is 46.7 Å². The number of nitrogens with zero attached hydrogens (tertiary/aromatic N) is 3. The monoisotopic (exact) mass is 361 g/mol. The van der Waals surface area contributed by atoms with Crippen molar-refractivity contribution in [2.24, 2.45) is 5.92 Å². The number of rotatable bonds is 5. The zero-order valence-corrected chi connectivity index (χ0v) is 14.3. The molecule has 0 unspecified atom stereocenters. The molecule has 0 radical (unpaired) electrons. The molecular formula is C17H20BrN3O.